The van der Waals surface area contributed by atoms with Crippen LogP contribution >= 0.6 is 11.6 Å². The number of rotatable bonds is 7. The summed E-state index contributed by atoms with van der Waals surface area (Å²) in [5.41, 5.74) is 2.96. The lowest BCUT2D eigenvalue weighted by Gasteiger charge is -2.10. The van der Waals surface area contributed by atoms with Gasteiger partial charge < -0.3 is 14.5 Å². The van der Waals surface area contributed by atoms with E-state index in [1.165, 1.54) is 0 Å². The van der Waals surface area contributed by atoms with Crippen LogP contribution in [0.4, 0.5) is 5.69 Å². The first-order chi connectivity index (χ1) is 15.5. The first kappa shape index (κ1) is 21.6. The summed E-state index contributed by atoms with van der Waals surface area (Å²) >= 11 is 5.95. The Bertz CT molecular complexity index is 1250. The maximum atomic E-state index is 12.8. The molecule has 4 aromatic rings. The number of amides is 1. The third kappa shape index (κ3) is 4.50. The highest BCUT2D eigenvalue weighted by Crippen LogP contribution is 2.26. The zero-order chi connectivity index (χ0) is 22.7. The minimum atomic E-state index is -0.361. The molecule has 9 heteroatoms. The summed E-state index contributed by atoms with van der Waals surface area (Å²) in [4.78, 5) is 17.4. The number of carbonyl (C=O) groups is 1. The molecule has 2 aromatic carbocycles. The molecule has 0 atom stereocenters. The van der Waals surface area contributed by atoms with Crippen molar-refractivity contribution >= 4 is 23.2 Å². The number of carbonyl (C=O) groups excluding carboxylic acids is 1. The van der Waals surface area contributed by atoms with E-state index in [2.05, 4.69) is 20.6 Å². The number of nitrogens with zero attached hydrogens (tertiary/aromatic N) is 4. The highest BCUT2D eigenvalue weighted by molar-refractivity contribution is 6.30. The molecule has 0 fully saturated rings. The third-order valence-electron chi connectivity index (χ3n) is 4.92. The molecular formula is C23H22ClN5O3. The standard InChI is InChI=1S/C23H22ClN5O3/c1-4-31-20-8-6-5-7-18(20)25-22(30)21-14(2)29(28-27-21)13-19-15(3)32-23(26-19)16-9-11-17(24)12-10-16/h5-12H,4,13H2,1-3H3,(H,25,30). The molecule has 8 nitrogen and oxygen atoms in total. The van der Waals surface area contributed by atoms with Crippen molar-refractivity contribution in [1.82, 2.24) is 20.0 Å². The lowest BCUT2D eigenvalue weighted by Crippen LogP contribution is -2.15. The van der Waals surface area contributed by atoms with Gasteiger partial charge in [0.25, 0.3) is 5.91 Å². The van der Waals surface area contributed by atoms with Crippen molar-refractivity contribution in [2.24, 2.45) is 0 Å². The lowest BCUT2D eigenvalue weighted by molar-refractivity contribution is 0.102. The van der Waals surface area contributed by atoms with E-state index in [0.717, 1.165) is 5.56 Å². The first-order valence-corrected chi connectivity index (χ1v) is 10.5. The maximum absolute atomic E-state index is 12.8. The molecule has 32 heavy (non-hydrogen) atoms. The normalized spacial score (nSPS) is 10.9. The molecule has 0 aliphatic rings. The fourth-order valence-electron chi connectivity index (χ4n) is 3.19. The highest BCUT2D eigenvalue weighted by atomic mass is 35.5. The fraction of sp³-hybridized carbons (Fsp3) is 0.217. The van der Waals surface area contributed by atoms with Gasteiger partial charge in [0.15, 0.2) is 5.69 Å². The number of aryl methyl sites for hydroxylation is 1. The van der Waals surface area contributed by atoms with Crippen molar-refractivity contribution in [2.75, 3.05) is 11.9 Å². The number of hydrogen-bond donors (Lipinski definition) is 1. The SMILES string of the molecule is CCOc1ccccc1NC(=O)c1nnn(Cc2nc(-c3ccc(Cl)cc3)oc2C)c1C. The fourth-order valence-corrected chi connectivity index (χ4v) is 3.31. The van der Waals surface area contributed by atoms with Crippen molar-refractivity contribution in [3.63, 3.8) is 0 Å². The number of benzene rings is 2. The molecule has 1 amide bonds. The van der Waals surface area contributed by atoms with E-state index in [1.807, 2.05) is 38.1 Å². The molecule has 4 rings (SSSR count). The van der Waals surface area contributed by atoms with Gasteiger partial charge in [-0.15, -0.1) is 5.10 Å². The number of oxazole rings is 1. The molecule has 0 aliphatic carbocycles. The Kier molecular flexibility index (Phi) is 6.23. The minimum Gasteiger partial charge on any atom is -0.492 e. The van der Waals surface area contributed by atoms with E-state index < -0.39 is 0 Å². The second kappa shape index (κ2) is 9.23. The Morgan fingerprint density at radius 1 is 1.16 bits per heavy atom. The van der Waals surface area contributed by atoms with E-state index in [9.17, 15) is 4.79 Å². The maximum Gasteiger partial charge on any atom is 0.278 e. The van der Waals surface area contributed by atoms with E-state index in [4.69, 9.17) is 20.8 Å². The number of hydrogen-bond acceptors (Lipinski definition) is 6. The Morgan fingerprint density at radius 3 is 2.66 bits per heavy atom. The van der Waals surface area contributed by atoms with E-state index in [0.29, 0.717) is 52.6 Å². The van der Waals surface area contributed by atoms with E-state index in [1.54, 1.807) is 35.9 Å². The van der Waals surface area contributed by atoms with Gasteiger partial charge in [-0.3, -0.25) is 4.79 Å². The minimum absolute atomic E-state index is 0.232. The van der Waals surface area contributed by atoms with Crippen molar-refractivity contribution in [3.8, 4) is 17.2 Å². The number of nitrogens with one attached hydrogen (secondary N) is 1. The van der Waals surface area contributed by atoms with Crippen LogP contribution in [0.25, 0.3) is 11.5 Å². The summed E-state index contributed by atoms with van der Waals surface area (Å²) in [7, 11) is 0. The molecule has 0 saturated carbocycles. The predicted octanol–water partition coefficient (Wildman–Crippen LogP) is 4.90. The van der Waals surface area contributed by atoms with Gasteiger partial charge in [0.05, 0.1) is 24.5 Å². The molecule has 164 valence electrons. The van der Waals surface area contributed by atoms with Crippen LogP contribution in [0.5, 0.6) is 5.75 Å². The Hall–Kier alpha value is -3.65. The van der Waals surface area contributed by atoms with Crippen molar-refractivity contribution in [3.05, 3.63) is 76.4 Å². The summed E-state index contributed by atoms with van der Waals surface area (Å²) in [5, 5.41) is 11.7. The molecule has 0 saturated heterocycles. The zero-order valence-electron chi connectivity index (χ0n) is 17.9. The van der Waals surface area contributed by atoms with Crippen LogP contribution in [0.3, 0.4) is 0 Å². The molecule has 0 radical (unpaired) electrons. The summed E-state index contributed by atoms with van der Waals surface area (Å²) in [6.07, 6.45) is 0. The number of para-hydroxylation sites is 2. The summed E-state index contributed by atoms with van der Waals surface area (Å²) < 4.78 is 13.0. The predicted molar refractivity (Wildman–Crippen MR) is 121 cm³/mol. The number of ether oxygens (including phenoxy) is 1. The summed E-state index contributed by atoms with van der Waals surface area (Å²) in [5.74, 6) is 1.40. The Labute approximate surface area is 190 Å². The first-order valence-electron chi connectivity index (χ1n) is 10.1. The highest BCUT2D eigenvalue weighted by Gasteiger charge is 2.20. The molecule has 1 N–H and O–H groups in total. The topological polar surface area (TPSA) is 95.1 Å². The van der Waals surface area contributed by atoms with Crippen molar-refractivity contribution < 1.29 is 13.9 Å². The summed E-state index contributed by atoms with van der Waals surface area (Å²) in [6.45, 7) is 6.34. The molecular weight excluding hydrogens is 430 g/mol. The van der Waals surface area contributed by atoms with Crippen LogP contribution in [-0.2, 0) is 6.54 Å². The lowest BCUT2D eigenvalue weighted by atomic mass is 10.2. The molecule has 0 bridgehead atoms. The van der Waals surface area contributed by atoms with Crippen LogP contribution in [0.2, 0.25) is 5.02 Å². The number of halogens is 1. The smallest absolute Gasteiger partial charge is 0.278 e. The third-order valence-corrected chi connectivity index (χ3v) is 5.17. The van der Waals surface area contributed by atoms with E-state index >= 15 is 0 Å². The van der Waals surface area contributed by atoms with Crippen LogP contribution < -0.4 is 10.1 Å². The molecule has 2 heterocycles. The monoisotopic (exact) mass is 451 g/mol. The average Bonchev–Trinajstić information content (AvgIpc) is 3.33. The van der Waals surface area contributed by atoms with Gasteiger partial charge in [0.2, 0.25) is 5.89 Å². The largest absolute Gasteiger partial charge is 0.492 e. The van der Waals surface area contributed by atoms with Gasteiger partial charge in [-0.2, -0.15) is 0 Å². The molecule has 0 aliphatic heterocycles. The second-order valence-electron chi connectivity index (χ2n) is 7.09. The number of anilines is 1. The van der Waals surface area contributed by atoms with Crippen LogP contribution in [-0.4, -0.2) is 32.5 Å². The second-order valence-corrected chi connectivity index (χ2v) is 7.53. The van der Waals surface area contributed by atoms with Crippen LogP contribution in [0.15, 0.2) is 52.9 Å². The van der Waals surface area contributed by atoms with Crippen LogP contribution in [0.1, 0.15) is 34.6 Å². The Balaban J connectivity index is 1.52. The summed E-state index contributed by atoms with van der Waals surface area (Å²) in [6, 6.07) is 14.5. The molecule has 0 spiro atoms. The van der Waals surface area contributed by atoms with Gasteiger partial charge in [-0.1, -0.05) is 28.9 Å². The molecule has 2 aromatic heterocycles. The average molecular weight is 452 g/mol. The Morgan fingerprint density at radius 2 is 1.91 bits per heavy atom. The van der Waals surface area contributed by atoms with Gasteiger partial charge in [0.1, 0.15) is 17.2 Å². The van der Waals surface area contributed by atoms with E-state index in [-0.39, 0.29) is 11.6 Å². The van der Waals surface area contributed by atoms with Crippen LogP contribution in [0, 0.1) is 13.8 Å². The van der Waals surface area contributed by atoms with Gasteiger partial charge in [-0.05, 0) is 57.2 Å². The molecule has 0 unspecified atom stereocenters. The number of aromatic nitrogens is 4. The van der Waals surface area contributed by atoms with Crippen molar-refractivity contribution in [1.29, 1.82) is 0 Å². The van der Waals surface area contributed by atoms with Gasteiger partial charge in [-0.25, -0.2) is 9.67 Å². The van der Waals surface area contributed by atoms with Gasteiger partial charge >= 0.3 is 0 Å². The van der Waals surface area contributed by atoms with Gasteiger partial charge in [0, 0.05) is 10.6 Å². The van der Waals surface area contributed by atoms with Crippen molar-refractivity contribution in [2.45, 2.75) is 27.3 Å². The quantitative estimate of drug-likeness (QED) is 0.429. The zero-order valence-corrected chi connectivity index (χ0v) is 18.7.